The molecule has 0 aliphatic heterocycles. The lowest BCUT2D eigenvalue weighted by Gasteiger charge is -2.00. The van der Waals surface area contributed by atoms with E-state index in [0.29, 0.717) is 0 Å². The van der Waals surface area contributed by atoms with E-state index >= 15 is 0 Å². The summed E-state index contributed by atoms with van der Waals surface area (Å²) in [4.78, 5) is 7.05. The van der Waals surface area contributed by atoms with Crippen LogP contribution < -0.4 is 0 Å². The van der Waals surface area contributed by atoms with Gasteiger partial charge in [0.2, 0.25) is 0 Å². The molecule has 90 valence electrons. The molecule has 0 radical (unpaired) electrons. The predicted molar refractivity (Wildman–Crippen MR) is 68.3 cm³/mol. The van der Waals surface area contributed by atoms with Crippen LogP contribution in [-0.2, 0) is 6.54 Å². The van der Waals surface area contributed by atoms with Gasteiger partial charge in [-0.15, -0.1) is 12.4 Å². The number of halogens is 1. The summed E-state index contributed by atoms with van der Waals surface area (Å²) in [6.45, 7) is 0.730. The summed E-state index contributed by atoms with van der Waals surface area (Å²) in [5.41, 5.74) is 2.20. The van der Waals surface area contributed by atoms with Gasteiger partial charge in [-0.2, -0.15) is 5.10 Å². The Balaban J connectivity index is 0.000000722. The number of hydrogen-bond acceptors (Lipinski definition) is 2. The van der Waals surface area contributed by atoms with Gasteiger partial charge in [-0.3, -0.25) is 4.68 Å². The first-order chi connectivity index (χ1) is 7.43. The Bertz CT molecular complexity index is 576. The Morgan fingerprint density at radius 1 is 1.18 bits per heavy atom. The van der Waals surface area contributed by atoms with Crippen LogP contribution in [0.25, 0.3) is 10.9 Å². The van der Waals surface area contributed by atoms with Crippen molar-refractivity contribution in [2.24, 2.45) is 0 Å². The molecule has 1 aromatic carbocycles. The van der Waals surface area contributed by atoms with Crippen molar-refractivity contribution in [2.45, 2.75) is 6.54 Å². The molecule has 3 aromatic rings. The number of nitrogens with zero attached hydrogens (tertiary/aromatic N) is 3. The largest absolute Gasteiger partial charge is 0.412 e. The Morgan fingerprint density at radius 3 is 2.76 bits per heavy atom. The zero-order valence-electron chi connectivity index (χ0n) is 9.00. The molecular formula is C11H13ClN4O. The summed E-state index contributed by atoms with van der Waals surface area (Å²) in [5.74, 6) is 0. The molecule has 17 heavy (non-hydrogen) atoms. The summed E-state index contributed by atoms with van der Waals surface area (Å²) in [6.07, 6.45) is 5.38. The van der Waals surface area contributed by atoms with E-state index in [2.05, 4.69) is 27.2 Å². The van der Waals surface area contributed by atoms with E-state index in [0.717, 1.165) is 23.1 Å². The van der Waals surface area contributed by atoms with E-state index in [-0.39, 0.29) is 17.9 Å². The highest BCUT2D eigenvalue weighted by Crippen LogP contribution is 2.13. The molecule has 3 rings (SSSR count). The average molecular weight is 253 g/mol. The van der Waals surface area contributed by atoms with Crippen LogP contribution in [0.4, 0.5) is 0 Å². The molecule has 0 spiro atoms. The number of hydrogen-bond donors (Lipinski definition) is 1. The molecule has 0 saturated heterocycles. The minimum atomic E-state index is 0. The number of imidazole rings is 1. The standard InChI is InChI=1S/C11H10N4.ClH.H2O/c1-2-4-11-9(3-1)5-14-15(11)7-10-6-12-8-13-10;;/h1-6,8H,7H2,(H,12,13);1H;1H2. The maximum absolute atomic E-state index is 4.34. The van der Waals surface area contributed by atoms with Crippen molar-refractivity contribution in [3.05, 3.63) is 48.7 Å². The van der Waals surface area contributed by atoms with Gasteiger partial charge in [0.1, 0.15) is 0 Å². The van der Waals surface area contributed by atoms with Crippen LogP contribution in [0.15, 0.2) is 43.0 Å². The van der Waals surface area contributed by atoms with Crippen molar-refractivity contribution < 1.29 is 5.48 Å². The SMILES string of the molecule is Cl.O.c1ccc2c(c1)cnn2Cc1cnc[nH]1. The Kier molecular flexibility index (Phi) is 4.25. The molecule has 0 amide bonds. The Labute approximate surface area is 104 Å². The summed E-state index contributed by atoms with van der Waals surface area (Å²) < 4.78 is 1.96. The molecule has 0 aliphatic carbocycles. The maximum Gasteiger partial charge on any atom is 0.0922 e. The second-order valence-corrected chi connectivity index (χ2v) is 3.44. The molecule has 3 N–H and O–H groups in total. The van der Waals surface area contributed by atoms with Crippen molar-refractivity contribution in [1.82, 2.24) is 19.7 Å². The number of nitrogens with one attached hydrogen (secondary N) is 1. The Morgan fingerprint density at radius 2 is 2.00 bits per heavy atom. The number of aromatic nitrogens is 4. The highest BCUT2D eigenvalue weighted by Gasteiger charge is 2.02. The first kappa shape index (κ1) is 13.2. The molecule has 0 unspecified atom stereocenters. The summed E-state index contributed by atoms with van der Waals surface area (Å²) in [5, 5.41) is 5.50. The van der Waals surface area contributed by atoms with Gasteiger partial charge in [0.05, 0.1) is 30.3 Å². The maximum atomic E-state index is 4.34. The van der Waals surface area contributed by atoms with Crippen molar-refractivity contribution >= 4 is 23.3 Å². The first-order valence-corrected chi connectivity index (χ1v) is 4.81. The van der Waals surface area contributed by atoms with Crippen LogP contribution >= 0.6 is 12.4 Å². The Hall–Kier alpha value is -1.85. The topological polar surface area (TPSA) is 78.0 Å². The number of para-hydroxylation sites is 1. The summed E-state index contributed by atoms with van der Waals surface area (Å²) >= 11 is 0. The fourth-order valence-corrected chi connectivity index (χ4v) is 1.68. The van der Waals surface area contributed by atoms with Crippen LogP contribution in [0.2, 0.25) is 0 Å². The highest BCUT2D eigenvalue weighted by atomic mass is 35.5. The summed E-state index contributed by atoms with van der Waals surface area (Å²) in [7, 11) is 0. The zero-order valence-corrected chi connectivity index (χ0v) is 9.81. The lowest BCUT2D eigenvalue weighted by molar-refractivity contribution is 0.699. The molecule has 0 fully saturated rings. The second-order valence-electron chi connectivity index (χ2n) is 3.44. The lowest BCUT2D eigenvalue weighted by Crippen LogP contribution is -2.01. The molecule has 6 heteroatoms. The highest BCUT2D eigenvalue weighted by molar-refractivity contribution is 5.85. The van der Waals surface area contributed by atoms with Gasteiger partial charge in [-0.1, -0.05) is 18.2 Å². The van der Waals surface area contributed by atoms with Crippen molar-refractivity contribution in [3.8, 4) is 0 Å². The third-order valence-electron chi connectivity index (χ3n) is 2.43. The first-order valence-electron chi connectivity index (χ1n) is 4.81. The van der Waals surface area contributed by atoms with Crippen molar-refractivity contribution in [2.75, 3.05) is 0 Å². The van der Waals surface area contributed by atoms with E-state index < -0.39 is 0 Å². The van der Waals surface area contributed by atoms with Gasteiger partial charge in [0.15, 0.2) is 0 Å². The van der Waals surface area contributed by atoms with Gasteiger partial charge in [0.25, 0.3) is 0 Å². The number of benzene rings is 1. The molecule has 0 aliphatic rings. The van der Waals surface area contributed by atoms with E-state index in [1.54, 1.807) is 6.33 Å². The van der Waals surface area contributed by atoms with E-state index in [1.807, 2.05) is 29.2 Å². The quantitative estimate of drug-likeness (QED) is 0.748. The molecule has 0 bridgehead atoms. The normalized spacial score (nSPS) is 9.65. The molecule has 2 heterocycles. The third kappa shape index (κ3) is 2.46. The molecule has 2 aromatic heterocycles. The van der Waals surface area contributed by atoms with Crippen LogP contribution in [0.3, 0.4) is 0 Å². The molecule has 5 nitrogen and oxygen atoms in total. The van der Waals surface area contributed by atoms with Crippen LogP contribution in [-0.4, -0.2) is 25.2 Å². The minimum Gasteiger partial charge on any atom is -0.412 e. The monoisotopic (exact) mass is 252 g/mol. The van der Waals surface area contributed by atoms with E-state index in [9.17, 15) is 0 Å². The average Bonchev–Trinajstić information content (AvgIpc) is 2.89. The van der Waals surface area contributed by atoms with Crippen LogP contribution in [0.1, 0.15) is 5.69 Å². The van der Waals surface area contributed by atoms with Crippen molar-refractivity contribution in [3.63, 3.8) is 0 Å². The van der Waals surface area contributed by atoms with E-state index in [1.165, 1.54) is 0 Å². The van der Waals surface area contributed by atoms with Crippen LogP contribution in [0.5, 0.6) is 0 Å². The second kappa shape index (κ2) is 5.47. The van der Waals surface area contributed by atoms with Gasteiger partial charge < -0.3 is 10.5 Å². The van der Waals surface area contributed by atoms with Gasteiger partial charge in [-0.25, -0.2) is 4.98 Å². The van der Waals surface area contributed by atoms with E-state index in [4.69, 9.17) is 0 Å². The fourth-order valence-electron chi connectivity index (χ4n) is 1.68. The molecule has 0 atom stereocenters. The minimum absolute atomic E-state index is 0. The lowest BCUT2D eigenvalue weighted by atomic mass is 10.2. The van der Waals surface area contributed by atoms with Gasteiger partial charge in [0, 0.05) is 11.6 Å². The number of fused-ring (bicyclic) bond motifs is 1. The predicted octanol–water partition coefficient (Wildman–Crippen LogP) is 1.40. The zero-order chi connectivity index (χ0) is 10.1. The van der Waals surface area contributed by atoms with Crippen molar-refractivity contribution in [1.29, 1.82) is 0 Å². The third-order valence-corrected chi connectivity index (χ3v) is 2.43. The number of aromatic amines is 1. The smallest absolute Gasteiger partial charge is 0.0922 e. The number of H-pyrrole nitrogens is 1. The summed E-state index contributed by atoms with van der Waals surface area (Å²) in [6, 6.07) is 8.17. The molecular weight excluding hydrogens is 240 g/mol. The molecule has 0 saturated carbocycles. The fraction of sp³-hybridized carbons (Fsp3) is 0.0909. The number of rotatable bonds is 2. The van der Waals surface area contributed by atoms with Gasteiger partial charge in [-0.05, 0) is 6.07 Å². The van der Waals surface area contributed by atoms with Crippen LogP contribution in [0, 0.1) is 0 Å². The van der Waals surface area contributed by atoms with Gasteiger partial charge >= 0.3 is 0 Å².